The molecule has 1 aromatic heterocycles. The van der Waals surface area contributed by atoms with Crippen LogP contribution in [0.25, 0.3) is 10.9 Å². The van der Waals surface area contributed by atoms with Crippen molar-refractivity contribution in [2.24, 2.45) is 4.99 Å². The van der Waals surface area contributed by atoms with E-state index in [1.165, 1.54) is 6.07 Å². The van der Waals surface area contributed by atoms with Crippen LogP contribution >= 0.6 is 0 Å². The van der Waals surface area contributed by atoms with E-state index in [2.05, 4.69) is 18.8 Å². The molecule has 2 heterocycles. The molecule has 0 N–H and O–H groups in total. The highest BCUT2D eigenvalue weighted by Gasteiger charge is 2.36. The maximum atomic E-state index is 14.5. The number of hydrogen-bond acceptors (Lipinski definition) is 2. The lowest BCUT2D eigenvalue weighted by Crippen LogP contribution is -2.33. The Labute approximate surface area is 141 Å². The van der Waals surface area contributed by atoms with Crippen LogP contribution in [0.1, 0.15) is 43.4 Å². The smallest absolute Gasteiger partial charge is 0.127 e. The fourth-order valence-corrected chi connectivity index (χ4v) is 3.42. The van der Waals surface area contributed by atoms with Crippen molar-refractivity contribution in [3.05, 3.63) is 77.2 Å². The Morgan fingerprint density at radius 2 is 1.88 bits per heavy atom. The van der Waals surface area contributed by atoms with Crippen molar-refractivity contribution < 1.29 is 4.39 Å². The Balaban J connectivity index is 1.97. The zero-order chi connectivity index (χ0) is 16.9. The Kier molecular flexibility index (Phi) is 3.27. The lowest BCUT2D eigenvalue weighted by atomic mass is 9.76. The van der Waals surface area contributed by atoms with Crippen molar-refractivity contribution in [3.8, 4) is 0 Å². The summed E-state index contributed by atoms with van der Waals surface area (Å²) in [5, 5.41) is 1.09. The van der Waals surface area contributed by atoms with Gasteiger partial charge < -0.3 is 0 Å². The molecule has 0 bridgehead atoms. The minimum absolute atomic E-state index is 0.0241. The van der Waals surface area contributed by atoms with Crippen molar-refractivity contribution in [2.45, 2.75) is 32.2 Å². The fraction of sp³-hybridized carbons (Fsp3) is 0.238. The molecular weight excluding hydrogens is 299 g/mol. The molecule has 2 nitrogen and oxygen atoms in total. The summed E-state index contributed by atoms with van der Waals surface area (Å²) in [5.74, 6) is -0.129. The number of benzene rings is 2. The van der Waals surface area contributed by atoms with Gasteiger partial charge in [-0.1, -0.05) is 37.3 Å². The first-order valence-electron chi connectivity index (χ1n) is 8.21. The second kappa shape index (κ2) is 5.23. The average Bonchev–Trinajstić information content (AvgIpc) is 2.58. The van der Waals surface area contributed by atoms with Crippen LogP contribution in [-0.4, -0.2) is 16.2 Å². The molecular formula is C21H19FN2. The third-order valence-electron chi connectivity index (χ3n) is 5.08. The molecule has 1 aliphatic rings. The van der Waals surface area contributed by atoms with Gasteiger partial charge in [0, 0.05) is 34.2 Å². The van der Waals surface area contributed by atoms with E-state index in [1.807, 2.05) is 43.3 Å². The van der Waals surface area contributed by atoms with E-state index in [1.54, 1.807) is 12.3 Å². The third-order valence-corrected chi connectivity index (χ3v) is 5.08. The van der Waals surface area contributed by atoms with Gasteiger partial charge in [0.05, 0.1) is 16.8 Å². The van der Waals surface area contributed by atoms with Gasteiger partial charge in [-0.25, -0.2) is 4.39 Å². The zero-order valence-electron chi connectivity index (χ0n) is 14.0. The first-order chi connectivity index (χ1) is 11.5. The van der Waals surface area contributed by atoms with Crippen LogP contribution in [0.4, 0.5) is 4.39 Å². The summed E-state index contributed by atoms with van der Waals surface area (Å²) >= 11 is 0. The van der Waals surface area contributed by atoms with Crippen LogP contribution in [0.15, 0.2) is 59.7 Å². The number of aromatic nitrogens is 1. The molecule has 0 aliphatic carbocycles. The van der Waals surface area contributed by atoms with E-state index >= 15 is 0 Å². The normalized spacial score (nSPS) is 19.0. The zero-order valence-corrected chi connectivity index (χ0v) is 14.0. The van der Waals surface area contributed by atoms with Gasteiger partial charge in [-0.15, -0.1) is 0 Å². The highest BCUT2D eigenvalue weighted by molar-refractivity contribution is 6.15. The molecule has 0 spiro atoms. The number of hydrogen-bond donors (Lipinski definition) is 0. The number of rotatable bonds is 1. The molecule has 3 heteroatoms. The maximum Gasteiger partial charge on any atom is 0.127 e. The van der Waals surface area contributed by atoms with Gasteiger partial charge in [-0.2, -0.15) is 0 Å². The Morgan fingerprint density at radius 3 is 2.71 bits per heavy atom. The SMILES string of the molecule is CC1c2c(F)cccc2C(c2ccc3cccnc3c2)=NC1(C)C. The maximum absolute atomic E-state index is 14.5. The van der Waals surface area contributed by atoms with Crippen LogP contribution in [0, 0.1) is 5.82 Å². The molecule has 120 valence electrons. The number of halogens is 1. The van der Waals surface area contributed by atoms with Gasteiger partial charge in [-0.05, 0) is 32.0 Å². The van der Waals surface area contributed by atoms with Gasteiger partial charge in [-0.3, -0.25) is 9.98 Å². The van der Waals surface area contributed by atoms with Crippen molar-refractivity contribution in [2.75, 3.05) is 0 Å². The largest absolute Gasteiger partial charge is 0.277 e. The summed E-state index contributed by atoms with van der Waals surface area (Å²) < 4.78 is 14.5. The van der Waals surface area contributed by atoms with E-state index in [-0.39, 0.29) is 17.3 Å². The van der Waals surface area contributed by atoms with Crippen LogP contribution in [0.2, 0.25) is 0 Å². The molecule has 0 fully saturated rings. The molecule has 0 saturated heterocycles. The number of fused-ring (bicyclic) bond motifs is 2. The van der Waals surface area contributed by atoms with Gasteiger partial charge in [0.1, 0.15) is 5.82 Å². The second-order valence-electron chi connectivity index (χ2n) is 6.95. The van der Waals surface area contributed by atoms with Crippen LogP contribution in [0.5, 0.6) is 0 Å². The number of aliphatic imine (C=N–C) groups is 1. The van der Waals surface area contributed by atoms with E-state index in [0.717, 1.165) is 33.3 Å². The summed E-state index contributed by atoms with van der Waals surface area (Å²) in [4.78, 5) is 9.41. The van der Waals surface area contributed by atoms with Crippen molar-refractivity contribution in [1.82, 2.24) is 4.98 Å². The van der Waals surface area contributed by atoms with Crippen LogP contribution in [0.3, 0.4) is 0 Å². The quantitative estimate of drug-likeness (QED) is 0.612. The van der Waals surface area contributed by atoms with Crippen LogP contribution in [-0.2, 0) is 0 Å². The summed E-state index contributed by atoms with van der Waals surface area (Å²) in [6.07, 6.45) is 1.79. The fourth-order valence-electron chi connectivity index (χ4n) is 3.42. The second-order valence-corrected chi connectivity index (χ2v) is 6.95. The van der Waals surface area contributed by atoms with E-state index in [0.29, 0.717) is 0 Å². The lowest BCUT2D eigenvalue weighted by Gasteiger charge is -2.35. The molecule has 0 radical (unpaired) electrons. The molecule has 0 amide bonds. The lowest BCUT2D eigenvalue weighted by molar-refractivity contribution is 0.417. The molecule has 0 saturated carbocycles. The van der Waals surface area contributed by atoms with E-state index in [9.17, 15) is 4.39 Å². The first kappa shape index (κ1) is 15.0. The summed E-state index contributed by atoms with van der Waals surface area (Å²) in [6, 6.07) is 15.3. The molecule has 3 aromatic rings. The van der Waals surface area contributed by atoms with Gasteiger partial charge >= 0.3 is 0 Å². The molecule has 4 rings (SSSR count). The minimum atomic E-state index is -0.358. The van der Waals surface area contributed by atoms with Crippen molar-refractivity contribution in [1.29, 1.82) is 0 Å². The molecule has 1 atom stereocenters. The Hall–Kier alpha value is -2.55. The summed E-state index contributed by atoms with van der Waals surface area (Å²) in [5.41, 5.74) is 4.04. The van der Waals surface area contributed by atoms with Crippen molar-refractivity contribution >= 4 is 16.6 Å². The monoisotopic (exact) mass is 318 g/mol. The minimum Gasteiger partial charge on any atom is -0.277 e. The highest BCUT2D eigenvalue weighted by atomic mass is 19.1. The van der Waals surface area contributed by atoms with Gasteiger partial charge in [0.2, 0.25) is 0 Å². The van der Waals surface area contributed by atoms with Crippen LogP contribution < -0.4 is 0 Å². The molecule has 1 aliphatic heterocycles. The summed E-state index contributed by atoms with van der Waals surface area (Å²) in [6.45, 7) is 6.17. The predicted molar refractivity (Wildman–Crippen MR) is 96.3 cm³/mol. The Morgan fingerprint density at radius 1 is 1.04 bits per heavy atom. The number of nitrogens with zero attached hydrogens (tertiary/aromatic N) is 2. The van der Waals surface area contributed by atoms with Gasteiger partial charge in [0.25, 0.3) is 0 Å². The molecule has 1 unspecified atom stereocenters. The highest BCUT2D eigenvalue weighted by Crippen LogP contribution is 2.40. The molecule has 2 aromatic carbocycles. The van der Waals surface area contributed by atoms with E-state index in [4.69, 9.17) is 4.99 Å². The standard InChI is InChI=1S/C21H19FN2/c1-13-19-16(7-4-8-17(19)22)20(24-21(13,2)3)15-10-9-14-6-5-11-23-18(14)12-15/h4-13H,1-3H3. The average molecular weight is 318 g/mol. The molecule has 24 heavy (non-hydrogen) atoms. The van der Waals surface area contributed by atoms with E-state index < -0.39 is 0 Å². The van der Waals surface area contributed by atoms with Crippen molar-refractivity contribution in [3.63, 3.8) is 0 Å². The third kappa shape index (κ3) is 2.23. The topological polar surface area (TPSA) is 25.2 Å². The van der Waals surface area contributed by atoms with Gasteiger partial charge in [0.15, 0.2) is 0 Å². The number of pyridine rings is 1. The summed E-state index contributed by atoms with van der Waals surface area (Å²) in [7, 11) is 0. The first-order valence-corrected chi connectivity index (χ1v) is 8.21. The Bertz CT molecular complexity index is 972. The predicted octanol–water partition coefficient (Wildman–Crippen LogP) is 5.11.